The molecule has 1 amide bonds. The van der Waals surface area contributed by atoms with E-state index in [9.17, 15) is 4.79 Å². The van der Waals surface area contributed by atoms with Gasteiger partial charge in [0, 0.05) is 43.9 Å². The summed E-state index contributed by atoms with van der Waals surface area (Å²) >= 11 is 12.2. The fraction of sp³-hybridized carbons (Fsp3) is 0.444. The molecule has 0 bridgehead atoms. The van der Waals surface area contributed by atoms with Crippen molar-refractivity contribution in [2.24, 2.45) is 0 Å². The summed E-state index contributed by atoms with van der Waals surface area (Å²) < 4.78 is 1.63. The van der Waals surface area contributed by atoms with Crippen LogP contribution in [0.5, 0.6) is 0 Å². The van der Waals surface area contributed by atoms with Crippen molar-refractivity contribution < 1.29 is 4.79 Å². The Hall–Kier alpha value is -1.56. The van der Waals surface area contributed by atoms with Crippen LogP contribution in [0.15, 0.2) is 36.7 Å². The molecule has 1 fully saturated rings. The second kappa shape index (κ2) is 7.36. The first-order valence-electron chi connectivity index (χ1n) is 8.34. The smallest absolute Gasteiger partial charge is 0.250 e. The van der Waals surface area contributed by atoms with Crippen LogP contribution in [0.3, 0.4) is 0 Å². The summed E-state index contributed by atoms with van der Waals surface area (Å²) in [5, 5.41) is 5.52. The Morgan fingerprint density at radius 2 is 1.84 bits per heavy atom. The van der Waals surface area contributed by atoms with E-state index in [1.165, 1.54) is 0 Å². The van der Waals surface area contributed by atoms with Crippen molar-refractivity contribution in [2.75, 3.05) is 26.2 Å². The number of aromatic nitrogens is 2. The Kier molecular flexibility index (Phi) is 5.37. The Bertz CT molecular complexity index is 751. The topological polar surface area (TPSA) is 41.4 Å². The molecule has 0 radical (unpaired) electrons. The molecule has 0 unspecified atom stereocenters. The molecule has 134 valence electrons. The molecular weight excluding hydrogens is 359 g/mol. The van der Waals surface area contributed by atoms with Gasteiger partial charge in [0.05, 0.1) is 11.2 Å². The lowest BCUT2D eigenvalue weighted by molar-refractivity contribution is -0.141. The number of carbonyl (C=O) groups excluding carboxylic acids is 1. The highest BCUT2D eigenvalue weighted by atomic mass is 35.5. The first-order chi connectivity index (χ1) is 11.9. The SMILES string of the molecule is CC(C)(C(=O)N1CCN(Cc2ccccc2Cl)CC1)n1cc(Cl)cn1. The fourth-order valence-corrected chi connectivity index (χ4v) is 3.40. The number of piperazine rings is 1. The third-order valence-corrected chi connectivity index (χ3v) is 5.22. The van der Waals surface area contributed by atoms with Crippen molar-refractivity contribution in [3.8, 4) is 0 Å². The van der Waals surface area contributed by atoms with E-state index in [-0.39, 0.29) is 5.91 Å². The summed E-state index contributed by atoms with van der Waals surface area (Å²) in [7, 11) is 0. The molecule has 25 heavy (non-hydrogen) atoms. The molecule has 0 aliphatic carbocycles. The summed E-state index contributed by atoms with van der Waals surface area (Å²) in [5.74, 6) is 0.0599. The first-order valence-corrected chi connectivity index (χ1v) is 9.09. The Labute approximate surface area is 158 Å². The monoisotopic (exact) mass is 380 g/mol. The molecule has 1 aromatic carbocycles. The second-order valence-corrected chi connectivity index (χ2v) is 7.67. The van der Waals surface area contributed by atoms with Crippen LogP contribution in [0.2, 0.25) is 10.0 Å². The zero-order valence-corrected chi connectivity index (χ0v) is 16.0. The van der Waals surface area contributed by atoms with Crippen LogP contribution >= 0.6 is 23.2 Å². The van der Waals surface area contributed by atoms with E-state index in [0.29, 0.717) is 18.1 Å². The minimum absolute atomic E-state index is 0.0599. The van der Waals surface area contributed by atoms with Gasteiger partial charge < -0.3 is 4.90 Å². The predicted octanol–water partition coefficient (Wildman–Crippen LogP) is 3.27. The van der Waals surface area contributed by atoms with E-state index < -0.39 is 5.54 Å². The average Bonchev–Trinajstić information content (AvgIpc) is 3.04. The highest BCUT2D eigenvalue weighted by Gasteiger charge is 2.36. The van der Waals surface area contributed by atoms with Crippen molar-refractivity contribution in [3.05, 3.63) is 52.3 Å². The third-order valence-electron chi connectivity index (χ3n) is 4.66. The Morgan fingerprint density at radius 3 is 2.44 bits per heavy atom. The minimum Gasteiger partial charge on any atom is -0.338 e. The van der Waals surface area contributed by atoms with Gasteiger partial charge in [-0.3, -0.25) is 14.4 Å². The van der Waals surface area contributed by atoms with Gasteiger partial charge in [0.1, 0.15) is 5.54 Å². The number of rotatable bonds is 4. The van der Waals surface area contributed by atoms with Gasteiger partial charge in [0.25, 0.3) is 0 Å². The number of hydrogen-bond donors (Lipinski definition) is 0. The lowest BCUT2D eigenvalue weighted by Crippen LogP contribution is -2.54. The minimum atomic E-state index is -0.752. The fourth-order valence-electron chi connectivity index (χ4n) is 3.07. The van der Waals surface area contributed by atoms with Crippen LogP contribution in [0.4, 0.5) is 0 Å². The molecule has 0 atom stereocenters. The van der Waals surface area contributed by atoms with Gasteiger partial charge in [-0.15, -0.1) is 0 Å². The predicted molar refractivity (Wildman–Crippen MR) is 99.9 cm³/mol. The maximum Gasteiger partial charge on any atom is 0.250 e. The van der Waals surface area contributed by atoms with E-state index >= 15 is 0 Å². The van der Waals surface area contributed by atoms with E-state index in [1.807, 2.05) is 43.0 Å². The second-order valence-electron chi connectivity index (χ2n) is 6.82. The van der Waals surface area contributed by atoms with Crippen LogP contribution in [0.25, 0.3) is 0 Å². The van der Waals surface area contributed by atoms with Gasteiger partial charge in [0.2, 0.25) is 5.91 Å². The summed E-state index contributed by atoms with van der Waals surface area (Å²) in [4.78, 5) is 17.2. The lowest BCUT2D eigenvalue weighted by Gasteiger charge is -2.38. The van der Waals surface area contributed by atoms with E-state index in [1.54, 1.807) is 17.1 Å². The van der Waals surface area contributed by atoms with Crippen molar-refractivity contribution in [1.82, 2.24) is 19.6 Å². The zero-order valence-electron chi connectivity index (χ0n) is 14.5. The molecule has 1 aliphatic rings. The largest absolute Gasteiger partial charge is 0.338 e. The molecular formula is C18H22Cl2N4O. The van der Waals surface area contributed by atoms with Crippen LogP contribution in [-0.4, -0.2) is 51.7 Å². The standard InChI is InChI=1S/C18H22Cl2N4O/c1-18(2,24-13-15(19)11-21-24)17(25)23-9-7-22(8-10-23)12-14-5-3-4-6-16(14)20/h3-6,11,13H,7-10,12H2,1-2H3. The number of amides is 1. The van der Waals surface area contributed by atoms with Crippen LogP contribution in [-0.2, 0) is 16.9 Å². The van der Waals surface area contributed by atoms with Crippen LogP contribution in [0, 0.1) is 0 Å². The number of carbonyl (C=O) groups is 1. The molecule has 2 aromatic rings. The van der Waals surface area contributed by atoms with E-state index in [4.69, 9.17) is 23.2 Å². The maximum absolute atomic E-state index is 12.9. The molecule has 0 spiro atoms. The van der Waals surface area contributed by atoms with E-state index in [2.05, 4.69) is 10.00 Å². The molecule has 2 heterocycles. The summed E-state index contributed by atoms with van der Waals surface area (Å²) in [6, 6.07) is 7.89. The average molecular weight is 381 g/mol. The number of halogens is 2. The van der Waals surface area contributed by atoms with Crippen molar-refractivity contribution >= 4 is 29.1 Å². The van der Waals surface area contributed by atoms with Gasteiger partial charge in [0.15, 0.2) is 0 Å². The zero-order chi connectivity index (χ0) is 18.0. The number of hydrogen-bond acceptors (Lipinski definition) is 3. The van der Waals surface area contributed by atoms with Crippen molar-refractivity contribution in [2.45, 2.75) is 25.9 Å². The molecule has 1 aliphatic heterocycles. The summed E-state index contributed by atoms with van der Waals surface area (Å²) in [6.07, 6.45) is 3.24. The summed E-state index contributed by atoms with van der Waals surface area (Å²) in [6.45, 7) is 7.59. The lowest BCUT2D eigenvalue weighted by atomic mass is 10.0. The Balaban J connectivity index is 1.60. The van der Waals surface area contributed by atoms with Crippen molar-refractivity contribution in [1.29, 1.82) is 0 Å². The molecule has 7 heteroatoms. The quantitative estimate of drug-likeness (QED) is 0.816. The third kappa shape index (κ3) is 4.00. The van der Waals surface area contributed by atoms with Crippen molar-refractivity contribution in [3.63, 3.8) is 0 Å². The van der Waals surface area contributed by atoms with E-state index in [0.717, 1.165) is 30.2 Å². The van der Waals surface area contributed by atoms with Gasteiger partial charge in [-0.25, -0.2) is 0 Å². The molecule has 1 saturated heterocycles. The molecule has 1 aromatic heterocycles. The van der Waals surface area contributed by atoms with Crippen LogP contribution in [0.1, 0.15) is 19.4 Å². The normalized spacial score (nSPS) is 16.2. The molecule has 0 N–H and O–H groups in total. The highest BCUT2D eigenvalue weighted by Crippen LogP contribution is 2.22. The molecule has 5 nitrogen and oxygen atoms in total. The van der Waals surface area contributed by atoms with Gasteiger partial charge in [-0.1, -0.05) is 41.4 Å². The highest BCUT2D eigenvalue weighted by molar-refractivity contribution is 6.31. The van der Waals surface area contributed by atoms with Gasteiger partial charge in [-0.2, -0.15) is 5.10 Å². The maximum atomic E-state index is 12.9. The number of benzene rings is 1. The number of nitrogens with zero attached hydrogens (tertiary/aromatic N) is 4. The van der Waals surface area contributed by atoms with Gasteiger partial charge in [-0.05, 0) is 25.5 Å². The molecule has 0 saturated carbocycles. The Morgan fingerprint density at radius 1 is 1.16 bits per heavy atom. The molecule has 3 rings (SSSR count). The summed E-state index contributed by atoms with van der Waals surface area (Å²) in [5.41, 5.74) is 0.369. The van der Waals surface area contributed by atoms with Gasteiger partial charge >= 0.3 is 0 Å². The van der Waals surface area contributed by atoms with Crippen LogP contribution < -0.4 is 0 Å². The first kappa shape index (κ1) is 18.2.